The SMILES string of the molecule is CC(C)C(CNC(=O)OC(C)(C)C)N(C)C. The summed E-state index contributed by atoms with van der Waals surface area (Å²) in [4.78, 5) is 13.6. The van der Waals surface area contributed by atoms with Crippen LogP contribution in [0.2, 0.25) is 0 Å². The van der Waals surface area contributed by atoms with Crippen LogP contribution in [0, 0.1) is 5.92 Å². The molecule has 0 bridgehead atoms. The molecule has 0 heterocycles. The molecule has 0 aliphatic heterocycles. The normalized spacial score (nSPS) is 14.1. The molecule has 4 nitrogen and oxygen atoms in total. The molecule has 0 fully saturated rings. The second-order valence-electron chi connectivity index (χ2n) is 5.66. The van der Waals surface area contributed by atoms with Gasteiger partial charge in [-0.15, -0.1) is 0 Å². The minimum absolute atomic E-state index is 0.326. The Kier molecular flexibility index (Phi) is 5.79. The van der Waals surface area contributed by atoms with Crippen LogP contribution >= 0.6 is 0 Å². The molecular formula is C12H26N2O2. The maximum absolute atomic E-state index is 11.5. The van der Waals surface area contributed by atoms with Crippen molar-refractivity contribution >= 4 is 6.09 Å². The number of amides is 1. The van der Waals surface area contributed by atoms with Crippen LogP contribution in [-0.2, 0) is 4.74 Å². The van der Waals surface area contributed by atoms with Gasteiger partial charge in [-0.25, -0.2) is 4.79 Å². The van der Waals surface area contributed by atoms with Gasteiger partial charge in [0.25, 0.3) is 0 Å². The Morgan fingerprint density at radius 1 is 1.31 bits per heavy atom. The molecule has 0 aliphatic carbocycles. The highest BCUT2D eigenvalue weighted by Gasteiger charge is 2.19. The molecule has 16 heavy (non-hydrogen) atoms. The summed E-state index contributed by atoms with van der Waals surface area (Å²) < 4.78 is 5.18. The van der Waals surface area contributed by atoms with Gasteiger partial charge >= 0.3 is 6.09 Å². The molecule has 1 atom stereocenters. The molecule has 96 valence electrons. The highest BCUT2D eigenvalue weighted by atomic mass is 16.6. The van der Waals surface area contributed by atoms with E-state index < -0.39 is 5.60 Å². The van der Waals surface area contributed by atoms with Crippen molar-refractivity contribution in [3.8, 4) is 0 Å². The zero-order valence-electron chi connectivity index (χ0n) is 11.6. The lowest BCUT2D eigenvalue weighted by Crippen LogP contribution is -2.44. The van der Waals surface area contributed by atoms with Gasteiger partial charge in [-0.05, 0) is 40.8 Å². The topological polar surface area (TPSA) is 41.6 Å². The number of carbonyl (C=O) groups excluding carboxylic acids is 1. The molecule has 0 aromatic rings. The standard InChI is InChI=1S/C12H26N2O2/c1-9(2)10(14(6)7)8-13-11(15)16-12(3,4)5/h9-10H,8H2,1-7H3,(H,13,15). The monoisotopic (exact) mass is 230 g/mol. The van der Waals surface area contributed by atoms with Crippen molar-refractivity contribution in [1.82, 2.24) is 10.2 Å². The van der Waals surface area contributed by atoms with Gasteiger partial charge < -0.3 is 15.0 Å². The van der Waals surface area contributed by atoms with E-state index in [1.165, 1.54) is 0 Å². The summed E-state index contributed by atoms with van der Waals surface area (Å²) in [6.45, 7) is 10.5. The number of hydrogen-bond donors (Lipinski definition) is 1. The Morgan fingerprint density at radius 2 is 1.81 bits per heavy atom. The van der Waals surface area contributed by atoms with Gasteiger partial charge in [0.05, 0.1) is 0 Å². The van der Waals surface area contributed by atoms with Crippen LogP contribution in [0.1, 0.15) is 34.6 Å². The van der Waals surface area contributed by atoms with Crippen LogP contribution in [0.3, 0.4) is 0 Å². The molecule has 1 N–H and O–H groups in total. The van der Waals surface area contributed by atoms with Crippen LogP contribution in [0.4, 0.5) is 4.79 Å². The second-order valence-corrected chi connectivity index (χ2v) is 5.66. The third kappa shape index (κ3) is 6.67. The number of rotatable bonds is 4. The molecule has 0 aromatic carbocycles. The van der Waals surface area contributed by atoms with Crippen molar-refractivity contribution in [2.45, 2.75) is 46.3 Å². The van der Waals surface area contributed by atoms with E-state index in [1.807, 2.05) is 34.9 Å². The zero-order chi connectivity index (χ0) is 12.9. The van der Waals surface area contributed by atoms with E-state index in [0.29, 0.717) is 18.5 Å². The smallest absolute Gasteiger partial charge is 0.407 e. The van der Waals surface area contributed by atoms with Crippen LogP contribution in [0.15, 0.2) is 0 Å². The lowest BCUT2D eigenvalue weighted by atomic mass is 10.0. The minimum Gasteiger partial charge on any atom is -0.444 e. The van der Waals surface area contributed by atoms with Crippen LogP contribution in [-0.4, -0.2) is 43.3 Å². The zero-order valence-corrected chi connectivity index (χ0v) is 11.6. The molecule has 0 saturated carbocycles. The van der Waals surface area contributed by atoms with Gasteiger partial charge in [-0.3, -0.25) is 0 Å². The van der Waals surface area contributed by atoms with E-state index in [-0.39, 0.29) is 6.09 Å². The molecular weight excluding hydrogens is 204 g/mol. The van der Waals surface area contributed by atoms with E-state index in [2.05, 4.69) is 24.1 Å². The molecule has 0 aliphatic rings. The lowest BCUT2D eigenvalue weighted by Gasteiger charge is -2.28. The van der Waals surface area contributed by atoms with Crippen molar-refractivity contribution in [3.63, 3.8) is 0 Å². The number of nitrogens with one attached hydrogen (secondary N) is 1. The van der Waals surface area contributed by atoms with Crippen molar-refractivity contribution in [3.05, 3.63) is 0 Å². The molecule has 0 aromatic heterocycles. The van der Waals surface area contributed by atoms with Gasteiger partial charge in [0.2, 0.25) is 0 Å². The Balaban J connectivity index is 4.07. The Morgan fingerprint density at radius 3 is 2.12 bits per heavy atom. The molecule has 0 radical (unpaired) electrons. The van der Waals surface area contributed by atoms with Crippen LogP contribution < -0.4 is 5.32 Å². The Bertz CT molecular complexity index is 212. The van der Waals surface area contributed by atoms with Gasteiger partial charge in [0.15, 0.2) is 0 Å². The quantitative estimate of drug-likeness (QED) is 0.804. The number of ether oxygens (including phenoxy) is 1. The van der Waals surface area contributed by atoms with Gasteiger partial charge in [-0.1, -0.05) is 13.8 Å². The molecule has 1 amide bonds. The Labute approximate surface area is 99.3 Å². The average molecular weight is 230 g/mol. The summed E-state index contributed by atoms with van der Waals surface area (Å²) in [7, 11) is 4.03. The molecule has 0 saturated heterocycles. The summed E-state index contributed by atoms with van der Waals surface area (Å²) >= 11 is 0. The number of carbonyl (C=O) groups is 1. The number of hydrogen-bond acceptors (Lipinski definition) is 3. The third-order valence-electron chi connectivity index (χ3n) is 2.29. The fourth-order valence-electron chi connectivity index (χ4n) is 1.52. The first kappa shape index (κ1) is 15.2. The number of likely N-dealkylation sites (N-methyl/N-ethyl adjacent to an activating group) is 1. The largest absolute Gasteiger partial charge is 0.444 e. The predicted molar refractivity (Wildman–Crippen MR) is 66.5 cm³/mol. The first-order valence-electron chi connectivity index (χ1n) is 5.76. The molecule has 0 rings (SSSR count). The fourth-order valence-corrected chi connectivity index (χ4v) is 1.52. The minimum atomic E-state index is -0.435. The summed E-state index contributed by atoms with van der Waals surface area (Å²) in [5.74, 6) is 0.491. The van der Waals surface area contributed by atoms with Crippen molar-refractivity contribution in [1.29, 1.82) is 0 Å². The highest BCUT2D eigenvalue weighted by molar-refractivity contribution is 5.67. The van der Waals surface area contributed by atoms with Gasteiger partial charge in [0, 0.05) is 12.6 Å². The lowest BCUT2D eigenvalue weighted by molar-refractivity contribution is 0.0507. The first-order valence-corrected chi connectivity index (χ1v) is 5.76. The number of nitrogens with zero attached hydrogens (tertiary/aromatic N) is 1. The fraction of sp³-hybridized carbons (Fsp3) is 0.917. The van der Waals surface area contributed by atoms with Crippen molar-refractivity contribution < 1.29 is 9.53 Å². The third-order valence-corrected chi connectivity index (χ3v) is 2.29. The molecule has 4 heteroatoms. The van der Waals surface area contributed by atoms with E-state index in [0.717, 1.165) is 0 Å². The highest BCUT2D eigenvalue weighted by Crippen LogP contribution is 2.08. The van der Waals surface area contributed by atoms with E-state index in [1.54, 1.807) is 0 Å². The van der Waals surface area contributed by atoms with Gasteiger partial charge in [-0.2, -0.15) is 0 Å². The second kappa shape index (κ2) is 6.09. The summed E-state index contributed by atoms with van der Waals surface area (Å²) in [6.07, 6.45) is -0.347. The van der Waals surface area contributed by atoms with Gasteiger partial charge in [0.1, 0.15) is 5.60 Å². The van der Waals surface area contributed by atoms with Crippen molar-refractivity contribution in [2.75, 3.05) is 20.6 Å². The van der Waals surface area contributed by atoms with E-state index in [9.17, 15) is 4.79 Å². The first-order chi connectivity index (χ1) is 7.13. The summed E-state index contributed by atoms with van der Waals surface area (Å²) in [5, 5.41) is 2.80. The summed E-state index contributed by atoms with van der Waals surface area (Å²) in [5.41, 5.74) is -0.435. The van der Waals surface area contributed by atoms with Crippen LogP contribution in [0.25, 0.3) is 0 Å². The Hall–Kier alpha value is -0.770. The van der Waals surface area contributed by atoms with E-state index in [4.69, 9.17) is 4.74 Å². The maximum atomic E-state index is 11.5. The number of alkyl carbamates (subject to hydrolysis) is 1. The van der Waals surface area contributed by atoms with Crippen LogP contribution in [0.5, 0.6) is 0 Å². The summed E-state index contributed by atoms with van der Waals surface area (Å²) in [6, 6.07) is 0.326. The molecule has 0 spiro atoms. The van der Waals surface area contributed by atoms with E-state index >= 15 is 0 Å². The average Bonchev–Trinajstić information content (AvgIpc) is 1.98. The van der Waals surface area contributed by atoms with Crippen molar-refractivity contribution in [2.24, 2.45) is 5.92 Å². The predicted octanol–water partition coefficient (Wildman–Crippen LogP) is 2.10. The molecule has 1 unspecified atom stereocenters. The maximum Gasteiger partial charge on any atom is 0.407 e.